The number of aliphatic imine (C=N–C) groups is 1. The van der Waals surface area contributed by atoms with Crippen LogP contribution in [0.1, 0.15) is 63.1 Å². The van der Waals surface area contributed by atoms with E-state index in [4.69, 9.17) is 0 Å². The number of benzene rings is 1. The lowest BCUT2D eigenvalue weighted by atomic mass is 9.85. The summed E-state index contributed by atoms with van der Waals surface area (Å²) in [5, 5.41) is 17.4. The molecule has 1 aromatic rings. The van der Waals surface area contributed by atoms with E-state index in [9.17, 15) is 5.11 Å². The highest BCUT2D eigenvalue weighted by atomic mass is 127. The molecule has 1 atom stereocenters. The second-order valence-corrected chi connectivity index (χ2v) is 6.70. The third kappa shape index (κ3) is 6.24. The van der Waals surface area contributed by atoms with Gasteiger partial charge in [-0.3, -0.25) is 4.99 Å². The molecule has 1 aliphatic carbocycles. The summed E-state index contributed by atoms with van der Waals surface area (Å²) in [6, 6.07) is 8.57. The van der Waals surface area contributed by atoms with Gasteiger partial charge in [0.2, 0.25) is 0 Å². The summed E-state index contributed by atoms with van der Waals surface area (Å²) >= 11 is 0. The first-order valence-electron chi connectivity index (χ1n) is 8.87. The molecule has 3 N–H and O–H groups in total. The second kappa shape index (κ2) is 10.2. The van der Waals surface area contributed by atoms with Crippen molar-refractivity contribution in [2.24, 2.45) is 4.99 Å². The van der Waals surface area contributed by atoms with Crippen LogP contribution in [-0.2, 0) is 0 Å². The molecular weight excluding hydrogens is 413 g/mol. The van der Waals surface area contributed by atoms with Gasteiger partial charge in [-0.1, -0.05) is 43.5 Å². The Balaban J connectivity index is 0.00000288. The van der Waals surface area contributed by atoms with Crippen molar-refractivity contribution < 1.29 is 5.11 Å². The van der Waals surface area contributed by atoms with Gasteiger partial charge in [0.25, 0.3) is 0 Å². The number of halogens is 1. The Morgan fingerprint density at radius 1 is 1.25 bits per heavy atom. The van der Waals surface area contributed by atoms with Crippen molar-refractivity contribution in [2.75, 3.05) is 13.1 Å². The van der Waals surface area contributed by atoms with E-state index in [1.165, 1.54) is 17.5 Å². The van der Waals surface area contributed by atoms with E-state index in [2.05, 4.69) is 60.7 Å². The van der Waals surface area contributed by atoms with Gasteiger partial charge in [-0.15, -0.1) is 24.0 Å². The molecule has 0 heterocycles. The van der Waals surface area contributed by atoms with E-state index in [1.54, 1.807) is 0 Å². The molecule has 1 fully saturated rings. The topological polar surface area (TPSA) is 56.7 Å². The van der Waals surface area contributed by atoms with Gasteiger partial charge in [-0.05, 0) is 44.7 Å². The summed E-state index contributed by atoms with van der Waals surface area (Å²) in [5.41, 5.74) is 1.93. The standard InChI is InChI=1S/C19H31N3O.HI/c1-4-20-18(21-14-19(23)12-8-5-9-13-19)22-16(3)17-11-7-6-10-15(17)2;/h6-7,10-11,16,23H,4-5,8-9,12-14H2,1-3H3,(H2,20,21,22);1H. The second-order valence-electron chi connectivity index (χ2n) is 6.70. The Morgan fingerprint density at radius 3 is 2.54 bits per heavy atom. The molecule has 4 nitrogen and oxygen atoms in total. The molecule has 24 heavy (non-hydrogen) atoms. The zero-order valence-electron chi connectivity index (χ0n) is 15.1. The van der Waals surface area contributed by atoms with Crippen LogP contribution in [0.25, 0.3) is 0 Å². The first-order chi connectivity index (χ1) is 11.0. The zero-order chi connectivity index (χ0) is 16.7. The fourth-order valence-electron chi connectivity index (χ4n) is 3.27. The lowest BCUT2D eigenvalue weighted by molar-refractivity contribution is 0.0131. The molecule has 5 heteroatoms. The van der Waals surface area contributed by atoms with Crippen molar-refractivity contribution in [2.45, 2.75) is 64.5 Å². The number of hydrogen-bond donors (Lipinski definition) is 3. The van der Waals surface area contributed by atoms with Crippen LogP contribution in [0.2, 0.25) is 0 Å². The number of aryl methyl sites for hydroxylation is 1. The lowest BCUT2D eigenvalue weighted by Crippen LogP contribution is -2.41. The maximum absolute atomic E-state index is 10.6. The first-order valence-corrected chi connectivity index (χ1v) is 8.87. The molecule has 136 valence electrons. The normalized spacial score (nSPS) is 18.4. The molecule has 0 aromatic heterocycles. The number of nitrogens with zero attached hydrogens (tertiary/aromatic N) is 1. The van der Waals surface area contributed by atoms with Crippen LogP contribution in [0, 0.1) is 6.92 Å². The lowest BCUT2D eigenvalue weighted by Gasteiger charge is -2.31. The van der Waals surface area contributed by atoms with Gasteiger partial charge in [0.1, 0.15) is 0 Å². The van der Waals surface area contributed by atoms with Crippen LogP contribution >= 0.6 is 24.0 Å². The Bertz CT molecular complexity index is 527. The Morgan fingerprint density at radius 2 is 1.92 bits per heavy atom. The van der Waals surface area contributed by atoms with Crippen molar-refractivity contribution in [1.29, 1.82) is 0 Å². The smallest absolute Gasteiger partial charge is 0.191 e. The van der Waals surface area contributed by atoms with Crippen LogP contribution in [0.5, 0.6) is 0 Å². The largest absolute Gasteiger partial charge is 0.388 e. The maximum Gasteiger partial charge on any atom is 0.191 e. The summed E-state index contributed by atoms with van der Waals surface area (Å²) in [5.74, 6) is 0.780. The van der Waals surface area contributed by atoms with E-state index in [0.717, 1.165) is 38.2 Å². The molecule has 2 rings (SSSR count). The van der Waals surface area contributed by atoms with Gasteiger partial charge in [-0.2, -0.15) is 0 Å². The van der Waals surface area contributed by atoms with Gasteiger partial charge in [0, 0.05) is 6.54 Å². The Kier molecular flexibility index (Phi) is 9.05. The van der Waals surface area contributed by atoms with E-state index >= 15 is 0 Å². The van der Waals surface area contributed by atoms with Gasteiger partial charge < -0.3 is 15.7 Å². The molecule has 1 aliphatic rings. The van der Waals surface area contributed by atoms with Gasteiger partial charge in [-0.25, -0.2) is 0 Å². The molecule has 0 aliphatic heterocycles. The zero-order valence-corrected chi connectivity index (χ0v) is 17.5. The first kappa shape index (κ1) is 21.2. The molecule has 0 saturated heterocycles. The molecule has 1 saturated carbocycles. The monoisotopic (exact) mass is 445 g/mol. The van der Waals surface area contributed by atoms with Gasteiger partial charge in [0.05, 0.1) is 18.2 Å². The van der Waals surface area contributed by atoms with Crippen molar-refractivity contribution in [3.05, 3.63) is 35.4 Å². The van der Waals surface area contributed by atoms with Crippen molar-refractivity contribution in [1.82, 2.24) is 10.6 Å². The van der Waals surface area contributed by atoms with Crippen LogP contribution < -0.4 is 10.6 Å². The molecule has 0 bridgehead atoms. The number of rotatable bonds is 5. The van der Waals surface area contributed by atoms with Crippen LogP contribution in [-0.4, -0.2) is 29.8 Å². The fourth-order valence-corrected chi connectivity index (χ4v) is 3.27. The fraction of sp³-hybridized carbons (Fsp3) is 0.632. The summed E-state index contributed by atoms with van der Waals surface area (Å²) in [7, 11) is 0. The predicted octanol–water partition coefficient (Wildman–Crippen LogP) is 3.92. The highest BCUT2D eigenvalue weighted by molar-refractivity contribution is 14.0. The number of nitrogens with one attached hydrogen (secondary N) is 2. The average molecular weight is 445 g/mol. The number of aliphatic hydroxyl groups is 1. The molecule has 0 radical (unpaired) electrons. The van der Waals surface area contributed by atoms with Crippen molar-refractivity contribution >= 4 is 29.9 Å². The van der Waals surface area contributed by atoms with Crippen LogP contribution in [0.3, 0.4) is 0 Å². The minimum absolute atomic E-state index is 0. The summed E-state index contributed by atoms with van der Waals surface area (Å²) < 4.78 is 0. The molecule has 0 spiro atoms. The van der Waals surface area contributed by atoms with Crippen LogP contribution in [0.15, 0.2) is 29.3 Å². The van der Waals surface area contributed by atoms with Crippen LogP contribution in [0.4, 0.5) is 0 Å². The van der Waals surface area contributed by atoms with Gasteiger partial charge >= 0.3 is 0 Å². The summed E-state index contributed by atoms with van der Waals surface area (Å²) in [4.78, 5) is 4.65. The quantitative estimate of drug-likeness (QED) is 0.366. The van der Waals surface area contributed by atoms with Crippen molar-refractivity contribution in [3.8, 4) is 0 Å². The molecule has 1 unspecified atom stereocenters. The average Bonchev–Trinajstić information content (AvgIpc) is 2.54. The Hall–Kier alpha value is -0.820. The number of hydrogen-bond acceptors (Lipinski definition) is 2. The third-order valence-electron chi connectivity index (χ3n) is 4.67. The summed E-state index contributed by atoms with van der Waals surface area (Å²) in [6.45, 7) is 7.62. The van der Waals surface area contributed by atoms with E-state index in [0.29, 0.717) is 6.54 Å². The maximum atomic E-state index is 10.6. The van der Waals surface area contributed by atoms with Crippen molar-refractivity contribution in [3.63, 3.8) is 0 Å². The molecule has 1 aromatic carbocycles. The SMILES string of the molecule is CCNC(=NCC1(O)CCCCC1)NC(C)c1ccccc1C.I. The highest BCUT2D eigenvalue weighted by Crippen LogP contribution is 2.28. The minimum atomic E-state index is -0.619. The predicted molar refractivity (Wildman–Crippen MR) is 112 cm³/mol. The Labute approximate surface area is 163 Å². The minimum Gasteiger partial charge on any atom is -0.388 e. The van der Waals surface area contributed by atoms with E-state index in [-0.39, 0.29) is 30.0 Å². The van der Waals surface area contributed by atoms with Gasteiger partial charge in [0.15, 0.2) is 5.96 Å². The molecular formula is C19H32IN3O. The highest BCUT2D eigenvalue weighted by Gasteiger charge is 2.28. The van der Waals surface area contributed by atoms with E-state index in [1.807, 2.05) is 0 Å². The third-order valence-corrected chi connectivity index (χ3v) is 4.67. The van der Waals surface area contributed by atoms with E-state index < -0.39 is 5.60 Å². The molecule has 0 amide bonds. The summed E-state index contributed by atoms with van der Waals surface area (Å²) in [6.07, 6.45) is 5.17. The number of guanidine groups is 1.